The molecule has 1 rings (SSSR count). The second-order valence-electron chi connectivity index (χ2n) is 4.33. The van der Waals surface area contributed by atoms with Crippen LogP contribution in [0.25, 0.3) is 0 Å². The molecule has 1 unspecified atom stereocenters. The van der Waals surface area contributed by atoms with Crippen molar-refractivity contribution in [1.29, 1.82) is 0 Å². The molecule has 0 aromatic heterocycles. The van der Waals surface area contributed by atoms with E-state index in [2.05, 4.69) is 18.3 Å². The van der Waals surface area contributed by atoms with Gasteiger partial charge >= 0.3 is 0 Å². The summed E-state index contributed by atoms with van der Waals surface area (Å²) in [7, 11) is 0. The Morgan fingerprint density at radius 1 is 1.56 bits per heavy atom. The lowest BCUT2D eigenvalue weighted by Crippen LogP contribution is -2.50. The van der Waals surface area contributed by atoms with Crippen molar-refractivity contribution in [1.82, 2.24) is 10.2 Å². The van der Waals surface area contributed by atoms with Crippen LogP contribution in [0.3, 0.4) is 0 Å². The third kappa shape index (κ3) is 3.97. The molecule has 0 saturated carbocycles. The topological polar surface area (TPSA) is 32.3 Å². The highest BCUT2D eigenvalue weighted by Gasteiger charge is 2.27. The number of likely N-dealkylation sites (tertiary alicyclic amines) is 1. The SMILES string of the molecule is C/C=C/CCN1CCCC(NCCC)C1=O. The van der Waals surface area contributed by atoms with Crippen LogP contribution in [-0.4, -0.2) is 36.5 Å². The Labute approximate surface area is 98.9 Å². The Kier molecular flexibility index (Phi) is 6.16. The van der Waals surface area contributed by atoms with Crippen LogP contribution in [0.2, 0.25) is 0 Å². The van der Waals surface area contributed by atoms with Gasteiger partial charge in [-0.15, -0.1) is 0 Å². The van der Waals surface area contributed by atoms with E-state index >= 15 is 0 Å². The van der Waals surface area contributed by atoms with Gasteiger partial charge < -0.3 is 10.2 Å². The molecular formula is C13H24N2O. The Bertz CT molecular complexity index is 238. The Hall–Kier alpha value is -0.830. The van der Waals surface area contributed by atoms with E-state index in [9.17, 15) is 4.79 Å². The number of amides is 1. The van der Waals surface area contributed by atoms with Crippen LogP contribution in [0, 0.1) is 0 Å². The molecular weight excluding hydrogens is 200 g/mol. The zero-order chi connectivity index (χ0) is 11.8. The van der Waals surface area contributed by atoms with Gasteiger partial charge in [0, 0.05) is 13.1 Å². The third-order valence-electron chi connectivity index (χ3n) is 2.97. The van der Waals surface area contributed by atoms with Crippen LogP contribution < -0.4 is 5.32 Å². The molecule has 1 amide bonds. The second-order valence-corrected chi connectivity index (χ2v) is 4.33. The zero-order valence-corrected chi connectivity index (χ0v) is 10.5. The molecule has 1 fully saturated rings. The molecule has 3 nitrogen and oxygen atoms in total. The summed E-state index contributed by atoms with van der Waals surface area (Å²) in [6, 6.07) is 0.0688. The van der Waals surface area contributed by atoms with Gasteiger partial charge in [-0.05, 0) is 39.2 Å². The third-order valence-corrected chi connectivity index (χ3v) is 2.97. The first kappa shape index (κ1) is 13.2. The minimum absolute atomic E-state index is 0.0688. The fourth-order valence-corrected chi connectivity index (χ4v) is 2.07. The van der Waals surface area contributed by atoms with Crippen LogP contribution in [0.4, 0.5) is 0 Å². The van der Waals surface area contributed by atoms with Crippen molar-refractivity contribution in [2.45, 2.75) is 45.6 Å². The molecule has 0 aromatic carbocycles. The van der Waals surface area contributed by atoms with Crippen LogP contribution in [0.1, 0.15) is 39.5 Å². The van der Waals surface area contributed by atoms with Gasteiger partial charge in [-0.25, -0.2) is 0 Å². The molecule has 0 aromatic rings. The summed E-state index contributed by atoms with van der Waals surface area (Å²) in [4.78, 5) is 14.1. The van der Waals surface area contributed by atoms with Gasteiger partial charge in [0.2, 0.25) is 5.91 Å². The van der Waals surface area contributed by atoms with Gasteiger partial charge in [-0.2, -0.15) is 0 Å². The molecule has 92 valence electrons. The Morgan fingerprint density at radius 3 is 3.06 bits per heavy atom. The first-order chi connectivity index (χ1) is 7.79. The summed E-state index contributed by atoms with van der Waals surface area (Å²) in [6.45, 7) is 6.89. The van der Waals surface area contributed by atoms with E-state index in [4.69, 9.17) is 0 Å². The van der Waals surface area contributed by atoms with Gasteiger partial charge in [0.05, 0.1) is 6.04 Å². The maximum atomic E-state index is 12.1. The normalized spacial score (nSPS) is 22.0. The first-order valence-corrected chi connectivity index (χ1v) is 6.43. The summed E-state index contributed by atoms with van der Waals surface area (Å²) < 4.78 is 0. The van der Waals surface area contributed by atoms with E-state index in [-0.39, 0.29) is 6.04 Å². The summed E-state index contributed by atoms with van der Waals surface area (Å²) >= 11 is 0. The number of nitrogens with zero attached hydrogens (tertiary/aromatic N) is 1. The minimum atomic E-state index is 0.0688. The molecule has 3 heteroatoms. The van der Waals surface area contributed by atoms with Crippen LogP contribution >= 0.6 is 0 Å². The number of allylic oxidation sites excluding steroid dienone is 1. The molecule has 0 bridgehead atoms. The predicted octanol–water partition coefficient (Wildman–Crippen LogP) is 1.94. The highest BCUT2D eigenvalue weighted by Crippen LogP contribution is 2.12. The first-order valence-electron chi connectivity index (χ1n) is 6.43. The lowest BCUT2D eigenvalue weighted by Gasteiger charge is -2.32. The van der Waals surface area contributed by atoms with E-state index in [1.54, 1.807) is 0 Å². The summed E-state index contributed by atoms with van der Waals surface area (Å²) in [5.41, 5.74) is 0. The zero-order valence-electron chi connectivity index (χ0n) is 10.5. The summed E-state index contributed by atoms with van der Waals surface area (Å²) in [6.07, 6.45) is 8.35. The molecule has 0 aliphatic carbocycles. The number of rotatable bonds is 6. The molecule has 0 spiro atoms. The second kappa shape index (κ2) is 7.44. The minimum Gasteiger partial charge on any atom is -0.341 e. The van der Waals surface area contributed by atoms with Crippen molar-refractivity contribution in [2.75, 3.05) is 19.6 Å². The quantitative estimate of drug-likeness (QED) is 0.699. The number of carbonyl (C=O) groups excluding carboxylic acids is 1. The highest BCUT2D eigenvalue weighted by atomic mass is 16.2. The summed E-state index contributed by atoms with van der Waals surface area (Å²) in [5, 5.41) is 3.33. The maximum absolute atomic E-state index is 12.1. The molecule has 0 radical (unpaired) electrons. The number of nitrogens with one attached hydrogen (secondary N) is 1. The lowest BCUT2D eigenvalue weighted by molar-refractivity contribution is -0.135. The van der Waals surface area contributed by atoms with Crippen molar-refractivity contribution in [3.05, 3.63) is 12.2 Å². The number of piperidine rings is 1. The number of hydrogen-bond acceptors (Lipinski definition) is 2. The van der Waals surface area contributed by atoms with Crippen molar-refractivity contribution >= 4 is 5.91 Å². The van der Waals surface area contributed by atoms with Crippen molar-refractivity contribution in [3.8, 4) is 0 Å². The highest BCUT2D eigenvalue weighted by molar-refractivity contribution is 5.82. The van der Waals surface area contributed by atoms with E-state index in [1.165, 1.54) is 0 Å². The van der Waals surface area contributed by atoms with Crippen LogP contribution in [0.15, 0.2) is 12.2 Å². The van der Waals surface area contributed by atoms with E-state index in [0.717, 1.165) is 45.3 Å². The lowest BCUT2D eigenvalue weighted by atomic mass is 10.0. The number of hydrogen-bond donors (Lipinski definition) is 1. The van der Waals surface area contributed by atoms with Crippen molar-refractivity contribution < 1.29 is 4.79 Å². The van der Waals surface area contributed by atoms with Crippen LogP contribution in [-0.2, 0) is 4.79 Å². The van der Waals surface area contributed by atoms with E-state index in [1.807, 2.05) is 17.9 Å². The molecule has 16 heavy (non-hydrogen) atoms. The molecule has 1 N–H and O–H groups in total. The summed E-state index contributed by atoms with van der Waals surface area (Å²) in [5.74, 6) is 0.296. The fourth-order valence-electron chi connectivity index (χ4n) is 2.07. The van der Waals surface area contributed by atoms with Gasteiger partial charge in [0.25, 0.3) is 0 Å². The fraction of sp³-hybridized carbons (Fsp3) is 0.769. The molecule has 1 saturated heterocycles. The number of carbonyl (C=O) groups is 1. The average molecular weight is 224 g/mol. The average Bonchev–Trinajstić information content (AvgIpc) is 2.30. The van der Waals surface area contributed by atoms with Crippen molar-refractivity contribution in [2.24, 2.45) is 0 Å². The Balaban J connectivity index is 2.37. The maximum Gasteiger partial charge on any atom is 0.239 e. The molecule has 1 heterocycles. The van der Waals surface area contributed by atoms with Gasteiger partial charge in [0.1, 0.15) is 0 Å². The molecule has 1 atom stereocenters. The van der Waals surface area contributed by atoms with Gasteiger partial charge in [-0.3, -0.25) is 4.79 Å². The van der Waals surface area contributed by atoms with Gasteiger partial charge in [-0.1, -0.05) is 19.1 Å². The monoisotopic (exact) mass is 224 g/mol. The predicted molar refractivity (Wildman–Crippen MR) is 67.3 cm³/mol. The standard InChI is InChI=1S/C13H24N2O/c1-3-5-6-10-15-11-7-8-12(13(15)16)14-9-4-2/h3,5,12,14H,4,6-11H2,1-2H3/b5-3+. The van der Waals surface area contributed by atoms with E-state index in [0.29, 0.717) is 5.91 Å². The van der Waals surface area contributed by atoms with Crippen LogP contribution in [0.5, 0.6) is 0 Å². The molecule has 1 aliphatic heterocycles. The Morgan fingerprint density at radius 2 is 2.38 bits per heavy atom. The largest absolute Gasteiger partial charge is 0.341 e. The smallest absolute Gasteiger partial charge is 0.239 e. The van der Waals surface area contributed by atoms with Crippen molar-refractivity contribution in [3.63, 3.8) is 0 Å². The molecule has 1 aliphatic rings. The van der Waals surface area contributed by atoms with E-state index < -0.39 is 0 Å². The van der Waals surface area contributed by atoms with Gasteiger partial charge in [0.15, 0.2) is 0 Å².